The molecule has 1 aromatic carbocycles. The molecule has 10 nitrogen and oxygen atoms in total. The topological polar surface area (TPSA) is 141 Å². The summed E-state index contributed by atoms with van der Waals surface area (Å²) >= 11 is 0. The van der Waals surface area contributed by atoms with E-state index in [1.54, 1.807) is 37.3 Å². The van der Waals surface area contributed by atoms with Crippen LogP contribution in [0.15, 0.2) is 30.3 Å². The number of benzene rings is 1. The van der Waals surface area contributed by atoms with Gasteiger partial charge in [0.1, 0.15) is 42.4 Å². The zero-order chi connectivity index (χ0) is 23.2. The molecule has 5 aliphatic rings. The van der Waals surface area contributed by atoms with Gasteiger partial charge in [0.2, 0.25) is 5.79 Å². The third kappa shape index (κ3) is 2.62. The highest BCUT2D eigenvalue weighted by Gasteiger charge is 2.87. The maximum Gasteiger partial charge on any atom is 0.338 e. The van der Waals surface area contributed by atoms with Gasteiger partial charge in [0.15, 0.2) is 6.29 Å². The van der Waals surface area contributed by atoms with E-state index in [-0.39, 0.29) is 24.7 Å². The Kier molecular flexibility index (Phi) is 4.61. The molecule has 1 aromatic rings. The molecule has 0 aromatic heterocycles. The summed E-state index contributed by atoms with van der Waals surface area (Å²) in [5, 5.41) is 30.5. The third-order valence-electron chi connectivity index (χ3n) is 8.04. The highest BCUT2D eigenvalue weighted by Crippen LogP contribution is 2.72. The van der Waals surface area contributed by atoms with Gasteiger partial charge in [-0.2, -0.15) is 0 Å². The summed E-state index contributed by atoms with van der Waals surface area (Å²) in [5.41, 5.74) is -1.82. The fourth-order valence-corrected chi connectivity index (χ4v) is 6.38. The van der Waals surface area contributed by atoms with Gasteiger partial charge >= 0.3 is 5.97 Å². The van der Waals surface area contributed by atoms with Crippen LogP contribution in [-0.2, 0) is 28.5 Å². The van der Waals surface area contributed by atoms with Gasteiger partial charge in [-0.05, 0) is 25.5 Å². The number of fused-ring (bicyclic) bond motifs is 4. The lowest BCUT2D eigenvalue weighted by Gasteiger charge is -2.52. The second kappa shape index (κ2) is 7.05. The summed E-state index contributed by atoms with van der Waals surface area (Å²) in [6, 6.07) is 8.55. The first kappa shape index (κ1) is 21.6. The Morgan fingerprint density at radius 1 is 1.15 bits per heavy atom. The molecule has 0 amide bonds. The van der Waals surface area contributed by atoms with Crippen LogP contribution < -0.4 is 0 Å². The number of hydrogen-bond donors (Lipinski definition) is 3. The number of Topliss-reactive ketones (excluding diaryl/α,β-unsaturated/α-hetero) is 1. The van der Waals surface area contributed by atoms with Crippen LogP contribution in [0.2, 0.25) is 0 Å². The molecule has 0 unspecified atom stereocenters. The van der Waals surface area contributed by atoms with Crippen molar-refractivity contribution in [2.45, 2.75) is 68.0 Å². The molecule has 4 heterocycles. The highest BCUT2D eigenvalue weighted by molar-refractivity contribution is 5.89. The van der Waals surface area contributed by atoms with Crippen molar-refractivity contribution in [2.75, 3.05) is 13.2 Å². The van der Waals surface area contributed by atoms with Crippen molar-refractivity contribution >= 4 is 11.8 Å². The number of esters is 1. The Morgan fingerprint density at radius 2 is 1.91 bits per heavy atom. The van der Waals surface area contributed by atoms with Crippen LogP contribution >= 0.6 is 0 Å². The van der Waals surface area contributed by atoms with Crippen LogP contribution in [0.5, 0.6) is 0 Å². The first-order chi connectivity index (χ1) is 15.8. The zero-order valence-electron chi connectivity index (χ0n) is 18.0. The van der Waals surface area contributed by atoms with Gasteiger partial charge in [0.05, 0.1) is 23.7 Å². The van der Waals surface area contributed by atoms with Crippen LogP contribution in [0, 0.1) is 11.3 Å². The average molecular weight is 462 g/mol. The lowest BCUT2D eigenvalue weighted by molar-refractivity contribution is -0.310. The molecule has 1 saturated carbocycles. The van der Waals surface area contributed by atoms with Crippen molar-refractivity contribution in [3.63, 3.8) is 0 Å². The molecule has 5 fully saturated rings. The predicted molar refractivity (Wildman–Crippen MR) is 107 cm³/mol. The molecular weight excluding hydrogens is 436 g/mol. The number of aliphatic hydroxyl groups is 3. The molecular formula is C23H26O10. The summed E-state index contributed by atoms with van der Waals surface area (Å²) < 4.78 is 30.4. The maximum atomic E-state index is 12.8. The molecule has 10 heteroatoms. The lowest BCUT2D eigenvalue weighted by Crippen LogP contribution is -2.65. The van der Waals surface area contributed by atoms with Crippen molar-refractivity contribution in [1.29, 1.82) is 0 Å². The van der Waals surface area contributed by atoms with Crippen molar-refractivity contribution in [1.82, 2.24) is 0 Å². The van der Waals surface area contributed by atoms with Crippen molar-refractivity contribution in [2.24, 2.45) is 11.3 Å². The number of rotatable bonds is 4. The van der Waals surface area contributed by atoms with Crippen molar-refractivity contribution < 1.29 is 48.6 Å². The lowest BCUT2D eigenvalue weighted by atomic mass is 9.56. The predicted octanol–water partition coefficient (Wildman–Crippen LogP) is -0.469. The second-order valence-electron chi connectivity index (χ2n) is 9.84. The minimum atomic E-state index is -1.55. The van der Waals surface area contributed by atoms with E-state index in [4.69, 9.17) is 23.7 Å². The molecule has 33 heavy (non-hydrogen) atoms. The fraction of sp³-hybridized carbons (Fsp3) is 0.652. The standard InChI is InChI=1S/C23H26O10/c1-21-8-13(25)12-7-22(18(12)32-21,10-29-19(28)11-5-3-2-4-6-11)23(21)31-17-16(27)15(26)14(9-24)30-20(17)33-23/h2-6,12,14-18,20,24,26-27H,7-10H2,1H3/t12-,14+,15+,16-,17+,18+,20-,21-,22+,23-/m0/s1. The quantitative estimate of drug-likeness (QED) is 0.503. The smallest absolute Gasteiger partial charge is 0.338 e. The number of ketones is 1. The van der Waals surface area contributed by atoms with Gasteiger partial charge in [0, 0.05) is 12.3 Å². The number of aliphatic hydroxyl groups excluding tert-OH is 3. The van der Waals surface area contributed by atoms with Gasteiger partial charge in [-0.3, -0.25) is 4.79 Å². The van der Waals surface area contributed by atoms with E-state index in [1.807, 2.05) is 0 Å². The van der Waals surface area contributed by atoms with E-state index in [0.29, 0.717) is 12.0 Å². The van der Waals surface area contributed by atoms with Crippen LogP contribution in [0.1, 0.15) is 30.1 Å². The molecule has 1 aliphatic carbocycles. The molecule has 178 valence electrons. The van der Waals surface area contributed by atoms with Crippen molar-refractivity contribution in [3.05, 3.63) is 35.9 Å². The highest BCUT2D eigenvalue weighted by atomic mass is 16.9. The minimum absolute atomic E-state index is 0.0208. The molecule has 3 N–H and O–H groups in total. The largest absolute Gasteiger partial charge is 0.461 e. The zero-order valence-corrected chi connectivity index (χ0v) is 18.0. The van der Waals surface area contributed by atoms with E-state index in [9.17, 15) is 24.9 Å². The van der Waals surface area contributed by atoms with Crippen LogP contribution in [0.3, 0.4) is 0 Å². The summed E-state index contributed by atoms with van der Waals surface area (Å²) in [5.74, 6) is -2.41. The van der Waals surface area contributed by atoms with E-state index in [2.05, 4.69) is 0 Å². The van der Waals surface area contributed by atoms with Gasteiger partial charge in [-0.15, -0.1) is 0 Å². The van der Waals surface area contributed by atoms with Crippen LogP contribution in [0.4, 0.5) is 0 Å². The molecule has 2 bridgehead atoms. The van der Waals surface area contributed by atoms with E-state index in [1.165, 1.54) is 0 Å². The fourth-order valence-electron chi connectivity index (χ4n) is 6.38. The van der Waals surface area contributed by atoms with Gasteiger partial charge < -0.3 is 39.0 Å². The number of carbonyl (C=O) groups is 2. The summed E-state index contributed by atoms with van der Waals surface area (Å²) in [7, 11) is 0. The molecule has 0 radical (unpaired) electrons. The number of hydrogen-bond acceptors (Lipinski definition) is 10. The second-order valence-corrected chi connectivity index (χ2v) is 9.84. The summed E-state index contributed by atoms with van der Waals surface area (Å²) in [6.07, 6.45) is -6.22. The Morgan fingerprint density at radius 3 is 2.64 bits per heavy atom. The van der Waals surface area contributed by atoms with E-state index < -0.39 is 66.2 Å². The molecule has 4 aliphatic heterocycles. The first-order valence-corrected chi connectivity index (χ1v) is 11.2. The summed E-state index contributed by atoms with van der Waals surface area (Å²) in [6.45, 7) is 1.07. The molecule has 10 atom stereocenters. The third-order valence-corrected chi connectivity index (χ3v) is 8.04. The number of carbonyl (C=O) groups excluding carboxylic acids is 2. The SMILES string of the molecule is C[C@@]12CC(=O)[C@@H]3C[C@@](COC(=O)c4ccccc4)([C@@H]3O1)[C@@]21O[C@@H]2O[C@H](CO)[C@@H](O)[C@H](O)[C@H]2O1. The maximum absolute atomic E-state index is 12.8. The van der Waals surface area contributed by atoms with Crippen LogP contribution in [0.25, 0.3) is 0 Å². The number of ether oxygens (including phenoxy) is 5. The van der Waals surface area contributed by atoms with Gasteiger partial charge in [-0.1, -0.05) is 18.2 Å². The normalized spacial score (nSPS) is 49.6. The molecule has 4 saturated heterocycles. The van der Waals surface area contributed by atoms with E-state index >= 15 is 0 Å². The van der Waals surface area contributed by atoms with Gasteiger partial charge in [-0.25, -0.2) is 4.79 Å². The monoisotopic (exact) mass is 462 g/mol. The minimum Gasteiger partial charge on any atom is -0.461 e. The van der Waals surface area contributed by atoms with Crippen molar-refractivity contribution in [3.8, 4) is 0 Å². The molecule has 6 rings (SSSR count). The molecule has 1 spiro atoms. The van der Waals surface area contributed by atoms with Crippen LogP contribution in [-0.4, -0.2) is 88.5 Å². The Balaban J connectivity index is 1.35. The Hall–Kier alpha value is -1.92. The first-order valence-electron chi connectivity index (χ1n) is 11.2. The average Bonchev–Trinajstić information content (AvgIpc) is 3.22. The summed E-state index contributed by atoms with van der Waals surface area (Å²) in [4.78, 5) is 25.5. The van der Waals surface area contributed by atoms with Gasteiger partial charge in [0.25, 0.3) is 0 Å². The Labute approximate surface area is 189 Å². The Bertz CT molecular complexity index is 985. The van der Waals surface area contributed by atoms with E-state index in [0.717, 1.165) is 0 Å².